The Hall–Kier alpha value is -0.770. The van der Waals surface area contributed by atoms with Crippen LogP contribution in [0.5, 0.6) is 0 Å². The molecule has 1 saturated heterocycles. The van der Waals surface area contributed by atoms with Gasteiger partial charge in [-0.1, -0.05) is 0 Å². The zero-order valence-electron chi connectivity index (χ0n) is 8.34. The van der Waals surface area contributed by atoms with Crippen LogP contribution in [0.15, 0.2) is 4.99 Å². The first-order valence-electron chi connectivity index (χ1n) is 4.86. The number of hydrogen-bond acceptors (Lipinski definition) is 4. The molecule has 0 atom stereocenters. The van der Waals surface area contributed by atoms with E-state index in [0.717, 1.165) is 32.2 Å². The smallest absolute Gasteiger partial charge is 0.288 e. The summed E-state index contributed by atoms with van der Waals surface area (Å²) in [6.45, 7) is 8.99. The standard InChI is InChI=1S/C9H17N3O/c1-9(2)7-13-8(11-9)12-5-3-10-4-6-12/h10H,3-7H2,1-2H3. The van der Waals surface area contributed by atoms with Gasteiger partial charge >= 0.3 is 0 Å². The van der Waals surface area contributed by atoms with E-state index in [1.807, 2.05) is 0 Å². The summed E-state index contributed by atoms with van der Waals surface area (Å²) >= 11 is 0. The summed E-state index contributed by atoms with van der Waals surface area (Å²) in [5.41, 5.74) is -0.0276. The van der Waals surface area contributed by atoms with Crippen molar-refractivity contribution in [2.45, 2.75) is 19.4 Å². The van der Waals surface area contributed by atoms with Crippen LogP contribution in [0, 0.1) is 0 Å². The molecule has 2 heterocycles. The van der Waals surface area contributed by atoms with Gasteiger partial charge in [0.15, 0.2) is 0 Å². The molecule has 2 aliphatic rings. The molecule has 0 spiro atoms. The zero-order chi connectivity index (χ0) is 9.31. The highest BCUT2D eigenvalue weighted by molar-refractivity contribution is 5.76. The van der Waals surface area contributed by atoms with Gasteiger partial charge in [-0.05, 0) is 13.8 Å². The molecule has 0 amide bonds. The van der Waals surface area contributed by atoms with E-state index in [4.69, 9.17) is 4.74 Å². The van der Waals surface area contributed by atoms with Crippen molar-refractivity contribution in [3.8, 4) is 0 Å². The lowest BCUT2D eigenvalue weighted by Crippen LogP contribution is -2.46. The van der Waals surface area contributed by atoms with Gasteiger partial charge in [0.1, 0.15) is 6.61 Å². The molecule has 4 nitrogen and oxygen atoms in total. The lowest BCUT2D eigenvalue weighted by molar-refractivity contribution is 0.222. The number of nitrogens with zero attached hydrogens (tertiary/aromatic N) is 2. The van der Waals surface area contributed by atoms with Crippen LogP contribution in [0.2, 0.25) is 0 Å². The Kier molecular flexibility index (Phi) is 2.15. The van der Waals surface area contributed by atoms with Gasteiger partial charge in [-0.25, -0.2) is 4.99 Å². The average Bonchev–Trinajstić information content (AvgIpc) is 2.48. The SMILES string of the molecule is CC1(C)COC(N2CCNCC2)=N1. The molecule has 2 aliphatic heterocycles. The Morgan fingerprint density at radius 2 is 2.08 bits per heavy atom. The maximum Gasteiger partial charge on any atom is 0.288 e. The van der Waals surface area contributed by atoms with Crippen molar-refractivity contribution in [2.24, 2.45) is 4.99 Å². The third-order valence-corrected chi connectivity index (χ3v) is 2.34. The highest BCUT2D eigenvalue weighted by Crippen LogP contribution is 2.18. The highest BCUT2D eigenvalue weighted by atomic mass is 16.5. The van der Waals surface area contributed by atoms with Gasteiger partial charge in [0, 0.05) is 26.2 Å². The summed E-state index contributed by atoms with van der Waals surface area (Å²) in [4.78, 5) is 6.75. The van der Waals surface area contributed by atoms with Gasteiger partial charge in [-0.15, -0.1) is 0 Å². The molecule has 4 heteroatoms. The van der Waals surface area contributed by atoms with Crippen LogP contribution in [0.25, 0.3) is 0 Å². The van der Waals surface area contributed by atoms with Gasteiger partial charge in [-0.2, -0.15) is 0 Å². The Labute approximate surface area is 79.0 Å². The molecule has 0 aromatic heterocycles. The highest BCUT2D eigenvalue weighted by Gasteiger charge is 2.29. The maximum absolute atomic E-state index is 5.56. The molecule has 0 aromatic carbocycles. The predicted molar refractivity (Wildman–Crippen MR) is 51.9 cm³/mol. The van der Waals surface area contributed by atoms with Crippen LogP contribution in [0.4, 0.5) is 0 Å². The van der Waals surface area contributed by atoms with Crippen molar-refractivity contribution in [2.75, 3.05) is 32.8 Å². The number of piperazine rings is 1. The van der Waals surface area contributed by atoms with Crippen molar-refractivity contribution in [3.63, 3.8) is 0 Å². The minimum Gasteiger partial charge on any atom is -0.463 e. The monoisotopic (exact) mass is 183 g/mol. The third kappa shape index (κ3) is 1.94. The minimum atomic E-state index is -0.0276. The largest absolute Gasteiger partial charge is 0.463 e. The maximum atomic E-state index is 5.56. The van der Waals surface area contributed by atoms with Crippen LogP contribution in [0.1, 0.15) is 13.8 Å². The van der Waals surface area contributed by atoms with Crippen molar-refractivity contribution in [1.29, 1.82) is 0 Å². The molecular formula is C9H17N3O. The van der Waals surface area contributed by atoms with Crippen LogP contribution in [-0.2, 0) is 4.74 Å². The quantitative estimate of drug-likeness (QED) is 0.577. The molecule has 13 heavy (non-hydrogen) atoms. The first-order valence-corrected chi connectivity index (χ1v) is 4.86. The number of aliphatic imine (C=N–C) groups is 1. The summed E-state index contributed by atoms with van der Waals surface area (Å²) in [7, 11) is 0. The molecule has 0 radical (unpaired) electrons. The Bertz CT molecular complexity index is 219. The van der Waals surface area contributed by atoms with E-state index in [1.54, 1.807) is 0 Å². The van der Waals surface area contributed by atoms with Gasteiger partial charge in [0.2, 0.25) is 0 Å². The summed E-state index contributed by atoms with van der Waals surface area (Å²) in [5, 5.41) is 3.31. The van der Waals surface area contributed by atoms with Crippen molar-refractivity contribution in [1.82, 2.24) is 10.2 Å². The van der Waals surface area contributed by atoms with E-state index in [1.165, 1.54) is 0 Å². The fourth-order valence-corrected chi connectivity index (χ4v) is 1.58. The molecule has 0 saturated carbocycles. The Morgan fingerprint density at radius 3 is 2.62 bits per heavy atom. The second-order valence-corrected chi connectivity index (χ2v) is 4.23. The van der Waals surface area contributed by atoms with Gasteiger partial charge < -0.3 is 15.0 Å². The van der Waals surface area contributed by atoms with Crippen molar-refractivity contribution < 1.29 is 4.74 Å². The summed E-state index contributed by atoms with van der Waals surface area (Å²) in [5.74, 6) is 0. The van der Waals surface area contributed by atoms with E-state index in [-0.39, 0.29) is 5.54 Å². The van der Waals surface area contributed by atoms with E-state index in [0.29, 0.717) is 6.61 Å². The minimum absolute atomic E-state index is 0.0276. The van der Waals surface area contributed by atoms with Crippen LogP contribution < -0.4 is 5.32 Å². The van der Waals surface area contributed by atoms with Gasteiger partial charge in [0.25, 0.3) is 6.02 Å². The predicted octanol–water partition coefficient (Wildman–Crippen LogP) is 0.0564. The second-order valence-electron chi connectivity index (χ2n) is 4.23. The topological polar surface area (TPSA) is 36.9 Å². The molecule has 1 N–H and O–H groups in total. The number of hydrogen-bond donors (Lipinski definition) is 1. The first kappa shape index (κ1) is 8.81. The van der Waals surface area contributed by atoms with Crippen molar-refractivity contribution in [3.05, 3.63) is 0 Å². The molecule has 0 bridgehead atoms. The summed E-state index contributed by atoms with van der Waals surface area (Å²) in [6.07, 6.45) is 0. The number of nitrogens with one attached hydrogen (secondary N) is 1. The fourth-order valence-electron chi connectivity index (χ4n) is 1.58. The zero-order valence-corrected chi connectivity index (χ0v) is 8.34. The first-order chi connectivity index (χ1) is 6.17. The Morgan fingerprint density at radius 1 is 1.38 bits per heavy atom. The molecule has 0 aromatic rings. The number of rotatable bonds is 0. The number of amidine groups is 1. The lowest BCUT2D eigenvalue weighted by Gasteiger charge is -2.27. The third-order valence-electron chi connectivity index (χ3n) is 2.34. The molecule has 0 aliphatic carbocycles. The Balaban J connectivity index is 2.00. The van der Waals surface area contributed by atoms with Crippen LogP contribution in [0.3, 0.4) is 0 Å². The van der Waals surface area contributed by atoms with E-state index >= 15 is 0 Å². The summed E-state index contributed by atoms with van der Waals surface area (Å²) in [6, 6.07) is 0.839. The molecule has 74 valence electrons. The van der Waals surface area contributed by atoms with E-state index in [2.05, 4.69) is 29.1 Å². The molecular weight excluding hydrogens is 166 g/mol. The molecule has 2 rings (SSSR count). The fraction of sp³-hybridized carbons (Fsp3) is 0.889. The molecule has 1 fully saturated rings. The van der Waals surface area contributed by atoms with Crippen LogP contribution in [-0.4, -0.2) is 49.2 Å². The lowest BCUT2D eigenvalue weighted by atomic mass is 10.1. The number of ether oxygens (including phenoxy) is 1. The van der Waals surface area contributed by atoms with E-state index in [9.17, 15) is 0 Å². The summed E-state index contributed by atoms with van der Waals surface area (Å²) < 4.78 is 5.56. The average molecular weight is 183 g/mol. The normalized spacial score (nSPS) is 26.9. The molecule has 0 unspecified atom stereocenters. The van der Waals surface area contributed by atoms with E-state index < -0.39 is 0 Å². The van der Waals surface area contributed by atoms with Gasteiger partial charge in [-0.3, -0.25) is 0 Å². The van der Waals surface area contributed by atoms with Crippen LogP contribution >= 0.6 is 0 Å². The van der Waals surface area contributed by atoms with Gasteiger partial charge in [0.05, 0.1) is 5.54 Å². The second kappa shape index (κ2) is 3.18. The van der Waals surface area contributed by atoms with Crippen molar-refractivity contribution >= 4 is 6.02 Å².